The molecule has 0 aromatic rings. The Bertz CT molecular complexity index is 520. The smallest absolute Gasteiger partial charge is 0.379 e. The molecule has 0 unspecified atom stereocenters. The number of nitrogens with one attached hydrogen (secondary N) is 1. The number of halogens is 2. The number of carboxylic acids is 1. The van der Waals surface area contributed by atoms with Crippen LogP contribution in [0.2, 0.25) is 0 Å². The van der Waals surface area contributed by atoms with Crippen molar-refractivity contribution in [1.82, 2.24) is 4.72 Å². The highest BCUT2D eigenvalue weighted by Crippen LogP contribution is 2.53. The SMILES string of the molecule is CCOC(=O)C(F)(F)[C@](C)(N[S@](=O)C(C)(C)C)[C@H]1C[C@@H]1C(=O)O. The Morgan fingerprint density at radius 1 is 1.30 bits per heavy atom. The molecular weight excluding hydrogens is 332 g/mol. The van der Waals surface area contributed by atoms with E-state index in [1.54, 1.807) is 20.8 Å². The summed E-state index contributed by atoms with van der Waals surface area (Å²) in [7, 11) is -1.91. The normalized spacial score (nSPS) is 25.3. The summed E-state index contributed by atoms with van der Waals surface area (Å²) in [5.74, 6) is -9.02. The number of rotatable bonds is 7. The molecule has 0 radical (unpaired) electrons. The molecule has 23 heavy (non-hydrogen) atoms. The summed E-state index contributed by atoms with van der Waals surface area (Å²) >= 11 is 0. The van der Waals surface area contributed by atoms with Gasteiger partial charge in [0.25, 0.3) is 0 Å². The summed E-state index contributed by atoms with van der Waals surface area (Å²) in [6.07, 6.45) is -0.0187. The summed E-state index contributed by atoms with van der Waals surface area (Å²) < 4.78 is 47.5. The third-order valence-corrected chi connectivity index (χ3v) is 5.62. The molecule has 0 spiro atoms. The van der Waals surface area contributed by atoms with Crippen LogP contribution in [0.3, 0.4) is 0 Å². The molecule has 9 heteroatoms. The Hall–Kier alpha value is -1.09. The highest BCUT2D eigenvalue weighted by atomic mass is 32.2. The highest BCUT2D eigenvalue weighted by Gasteiger charge is 2.69. The van der Waals surface area contributed by atoms with Crippen LogP contribution in [0.15, 0.2) is 0 Å². The molecule has 0 amide bonds. The van der Waals surface area contributed by atoms with Crippen LogP contribution in [0.5, 0.6) is 0 Å². The first kappa shape index (κ1) is 20.0. The van der Waals surface area contributed by atoms with Gasteiger partial charge in [-0.1, -0.05) is 0 Å². The predicted octanol–water partition coefficient (Wildman–Crippen LogP) is 1.72. The number of hydrogen-bond donors (Lipinski definition) is 2. The molecule has 0 bridgehead atoms. The Morgan fingerprint density at radius 2 is 1.83 bits per heavy atom. The van der Waals surface area contributed by atoms with Gasteiger partial charge in [0.15, 0.2) is 0 Å². The van der Waals surface area contributed by atoms with Crippen LogP contribution in [0.25, 0.3) is 0 Å². The van der Waals surface area contributed by atoms with E-state index < -0.39 is 51.0 Å². The Balaban J connectivity index is 3.19. The summed E-state index contributed by atoms with van der Waals surface area (Å²) in [5.41, 5.74) is -2.28. The lowest BCUT2D eigenvalue weighted by Gasteiger charge is -2.38. The Kier molecular flexibility index (Phi) is 5.58. The van der Waals surface area contributed by atoms with E-state index in [4.69, 9.17) is 5.11 Å². The zero-order valence-electron chi connectivity index (χ0n) is 13.8. The van der Waals surface area contributed by atoms with Crippen molar-refractivity contribution in [3.8, 4) is 0 Å². The zero-order valence-corrected chi connectivity index (χ0v) is 14.6. The number of esters is 1. The van der Waals surface area contributed by atoms with Crippen LogP contribution < -0.4 is 4.72 Å². The molecule has 0 saturated heterocycles. The molecule has 1 saturated carbocycles. The van der Waals surface area contributed by atoms with E-state index in [0.717, 1.165) is 6.92 Å². The van der Waals surface area contributed by atoms with Gasteiger partial charge in [0.1, 0.15) is 5.54 Å². The molecule has 134 valence electrons. The van der Waals surface area contributed by atoms with Crippen molar-refractivity contribution in [3.05, 3.63) is 0 Å². The first-order chi connectivity index (χ1) is 10.3. The first-order valence-electron chi connectivity index (χ1n) is 7.26. The van der Waals surface area contributed by atoms with Crippen molar-refractivity contribution >= 4 is 22.9 Å². The van der Waals surface area contributed by atoms with Crippen molar-refractivity contribution in [2.45, 2.75) is 57.2 Å². The topological polar surface area (TPSA) is 92.7 Å². The van der Waals surface area contributed by atoms with E-state index in [2.05, 4.69) is 9.46 Å². The van der Waals surface area contributed by atoms with Crippen LogP contribution in [0, 0.1) is 11.8 Å². The first-order valence-corrected chi connectivity index (χ1v) is 8.41. The van der Waals surface area contributed by atoms with Crippen LogP contribution in [0.4, 0.5) is 8.78 Å². The average Bonchev–Trinajstić information content (AvgIpc) is 3.17. The minimum atomic E-state index is -4.02. The second-order valence-corrected chi connectivity index (χ2v) is 8.73. The zero-order chi connectivity index (χ0) is 18.2. The number of hydrogen-bond acceptors (Lipinski definition) is 4. The monoisotopic (exact) mass is 355 g/mol. The van der Waals surface area contributed by atoms with E-state index in [9.17, 15) is 22.6 Å². The van der Waals surface area contributed by atoms with E-state index in [0.29, 0.717) is 0 Å². The Labute approximate surface area is 136 Å². The van der Waals surface area contributed by atoms with Crippen LogP contribution in [-0.2, 0) is 25.3 Å². The lowest BCUT2D eigenvalue weighted by atomic mass is 9.87. The largest absolute Gasteiger partial charge is 0.481 e. The fourth-order valence-corrected chi connectivity index (χ4v) is 3.23. The van der Waals surface area contributed by atoms with Gasteiger partial charge in [-0.25, -0.2) is 13.7 Å². The second-order valence-electron chi connectivity index (χ2n) is 6.77. The van der Waals surface area contributed by atoms with Crippen LogP contribution in [0.1, 0.15) is 41.0 Å². The van der Waals surface area contributed by atoms with Gasteiger partial charge in [-0.2, -0.15) is 8.78 Å². The van der Waals surface area contributed by atoms with Gasteiger partial charge in [0.2, 0.25) is 0 Å². The summed E-state index contributed by atoms with van der Waals surface area (Å²) in [6.45, 7) is 6.94. The molecule has 0 aromatic carbocycles. The maximum Gasteiger partial charge on any atom is 0.379 e. The molecule has 0 heterocycles. The van der Waals surface area contributed by atoms with Gasteiger partial charge in [0.05, 0.1) is 28.3 Å². The number of aliphatic carboxylic acids is 1. The minimum Gasteiger partial charge on any atom is -0.481 e. The summed E-state index contributed by atoms with van der Waals surface area (Å²) in [4.78, 5) is 22.8. The molecule has 4 atom stereocenters. The van der Waals surface area contributed by atoms with Gasteiger partial charge < -0.3 is 9.84 Å². The standard InChI is InChI=1S/C14H23F2NO5S/c1-6-22-11(20)14(15,16)13(5,9-7-8(9)10(18)19)17-23(21)12(2,3)4/h8-9,17H,6-7H2,1-5H3,(H,18,19)/t8-,9-,13+,23+/m0/s1. The lowest BCUT2D eigenvalue weighted by molar-refractivity contribution is -0.185. The van der Waals surface area contributed by atoms with Gasteiger partial charge in [0, 0.05) is 0 Å². The molecule has 1 aliphatic rings. The van der Waals surface area contributed by atoms with Crippen molar-refractivity contribution in [2.75, 3.05) is 6.61 Å². The number of ether oxygens (including phenoxy) is 1. The van der Waals surface area contributed by atoms with Crippen LogP contribution in [-0.4, -0.2) is 44.1 Å². The van der Waals surface area contributed by atoms with Crippen molar-refractivity contribution < 1.29 is 32.4 Å². The molecule has 6 nitrogen and oxygen atoms in total. The fourth-order valence-electron chi connectivity index (χ4n) is 2.26. The van der Waals surface area contributed by atoms with Crippen molar-refractivity contribution in [1.29, 1.82) is 0 Å². The van der Waals surface area contributed by atoms with E-state index in [-0.39, 0.29) is 13.0 Å². The van der Waals surface area contributed by atoms with Crippen LogP contribution >= 0.6 is 0 Å². The average molecular weight is 355 g/mol. The molecule has 0 aliphatic heterocycles. The number of carboxylic acid groups (broad SMARTS) is 1. The lowest BCUT2D eigenvalue weighted by Crippen LogP contribution is -2.64. The number of alkyl halides is 2. The Morgan fingerprint density at radius 3 is 2.17 bits per heavy atom. The third-order valence-electron chi connectivity index (χ3n) is 3.89. The van der Waals surface area contributed by atoms with E-state index >= 15 is 0 Å². The molecule has 1 aliphatic carbocycles. The van der Waals surface area contributed by atoms with E-state index in [1.165, 1.54) is 6.92 Å². The highest BCUT2D eigenvalue weighted by molar-refractivity contribution is 7.84. The molecule has 2 N–H and O–H groups in total. The molecular formula is C14H23F2NO5S. The number of carbonyl (C=O) groups is 2. The maximum absolute atomic E-state index is 14.7. The van der Waals surface area contributed by atoms with Gasteiger partial charge in [-0.15, -0.1) is 0 Å². The predicted molar refractivity (Wildman–Crippen MR) is 80.2 cm³/mol. The van der Waals surface area contributed by atoms with Gasteiger partial charge in [-0.05, 0) is 47.0 Å². The molecule has 1 fully saturated rings. The molecule has 0 aromatic heterocycles. The summed E-state index contributed by atoms with van der Waals surface area (Å²) in [5, 5.41) is 9.02. The minimum absolute atomic E-state index is 0.0187. The van der Waals surface area contributed by atoms with Gasteiger partial charge >= 0.3 is 17.9 Å². The quantitative estimate of drug-likeness (QED) is 0.678. The number of carbonyl (C=O) groups excluding carboxylic acids is 1. The van der Waals surface area contributed by atoms with Gasteiger partial charge in [-0.3, -0.25) is 4.79 Å². The molecule has 1 rings (SSSR count). The van der Waals surface area contributed by atoms with Crippen molar-refractivity contribution in [3.63, 3.8) is 0 Å². The van der Waals surface area contributed by atoms with E-state index in [1.807, 2.05) is 0 Å². The third kappa shape index (κ3) is 3.88. The second kappa shape index (κ2) is 6.43. The summed E-state index contributed by atoms with van der Waals surface area (Å²) in [6, 6.07) is 0. The fraction of sp³-hybridized carbons (Fsp3) is 0.857. The maximum atomic E-state index is 14.7. The van der Waals surface area contributed by atoms with Crippen molar-refractivity contribution in [2.24, 2.45) is 11.8 Å².